The van der Waals surface area contributed by atoms with Gasteiger partial charge in [-0.25, -0.2) is 0 Å². The zero-order chi connectivity index (χ0) is 13.9. The van der Waals surface area contributed by atoms with Crippen LogP contribution in [0.5, 0.6) is 0 Å². The Hall–Kier alpha value is -1.75. The van der Waals surface area contributed by atoms with Gasteiger partial charge in [0.25, 0.3) is 5.91 Å². The number of nitrogens with one attached hydrogen (secondary N) is 1. The molecule has 3 rings (SSSR count). The van der Waals surface area contributed by atoms with Crippen LogP contribution < -0.4 is 5.32 Å². The highest BCUT2D eigenvalue weighted by molar-refractivity contribution is 7.98. The minimum Gasteiger partial charge on any atom is -0.360 e. The first-order valence-electron chi connectivity index (χ1n) is 6.71. The van der Waals surface area contributed by atoms with E-state index in [-0.39, 0.29) is 5.91 Å². The van der Waals surface area contributed by atoms with Crippen molar-refractivity contribution in [1.82, 2.24) is 5.16 Å². The summed E-state index contributed by atoms with van der Waals surface area (Å²) >= 11 is 1.60. The second-order valence-electron chi connectivity index (χ2n) is 4.79. The van der Waals surface area contributed by atoms with E-state index < -0.39 is 0 Å². The summed E-state index contributed by atoms with van der Waals surface area (Å²) in [7, 11) is 0. The normalized spacial score (nSPS) is 13.8. The Bertz CT molecular complexity index is 637. The quantitative estimate of drug-likeness (QED) is 0.878. The van der Waals surface area contributed by atoms with E-state index in [4.69, 9.17) is 4.52 Å². The van der Waals surface area contributed by atoms with Gasteiger partial charge in [0.15, 0.2) is 5.69 Å². The van der Waals surface area contributed by atoms with Gasteiger partial charge >= 0.3 is 0 Å². The summed E-state index contributed by atoms with van der Waals surface area (Å²) in [6.45, 7) is 0. The third-order valence-electron chi connectivity index (χ3n) is 3.52. The van der Waals surface area contributed by atoms with E-state index in [1.807, 2.05) is 30.5 Å². The lowest BCUT2D eigenvalue weighted by Crippen LogP contribution is -2.16. The van der Waals surface area contributed by atoms with Crippen molar-refractivity contribution in [3.8, 4) is 0 Å². The van der Waals surface area contributed by atoms with Crippen molar-refractivity contribution in [2.75, 3.05) is 11.6 Å². The van der Waals surface area contributed by atoms with Crippen molar-refractivity contribution in [2.45, 2.75) is 30.6 Å². The number of carbonyl (C=O) groups excluding carboxylic acids is 1. The van der Waals surface area contributed by atoms with Crippen LogP contribution in [0.2, 0.25) is 0 Å². The molecular weight excluding hydrogens is 272 g/mol. The number of benzene rings is 1. The van der Waals surface area contributed by atoms with E-state index in [1.54, 1.807) is 11.8 Å². The number of amides is 1. The van der Waals surface area contributed by atoms with Crippen LogP contribution in [-0.4, -0.2) is 17.3 Å². The number of hydrogen-bond donors (Lipinski definition) is 1. The Labute approximate surface area is 121 Å². The third kappa shape index (κ3) is 2.45. The molecule has 5 heteroatoms. The molecule has 0 saturated heterocycles. The SMILES string of the molecule is CSc1ccccc1NC(=O)c1noc2c1CCCC2. The molecule has 1 aromatic carbocycles. The van der Waals surface area contributed by atoms with Gasteiger partial charge in [-0.1, -0.05) is 17.3 Å². The number of nitrogens with zero attached hydrogens (tertiary/aromatic N) is 1. The first-order chi connectivity index (χ1) is 9.79. The highest BCUT2D eigenvalue weighted by atomic mass is 32.2. The van der Waals surface area contributed by atoms with Gasteiger partial charge in [0.05, 0.1) is 5.69 Å². The maximum absolute atomic E-state index is 12.4. The van der Waals surface area contributed by atoms with Gasteiger partial charge in [0.1, 0.15) is 5.76 Å². The van der Waals surface area contributed by atoms with E-state index in [9.17, 15) is 4.79 Å². The molecule has 20 heavy (non-hydrogen) atoms. The largest absolute Gasteiger partial charge is 0.360 e. The summed E-state index contributed by atoms with van der Waals surface area (Å²) in [5.41, 5.74) is 2.24. The molecule has 0 fully saturated rings. The number of para-hydroxylation sites is 1. The molecule has 1 aromatic heterocycles. The molecule has 1 aliphatic rings. The van der Waals surface area contributed by atoms with Crippen molar-refractivity contribution in [3.63, 3.8) is 0 Å². The Balaban J connectivity index is 1.85. The van der Waals surface area contributed by atoms with Crippen LogP contribution in [0.3, 0.4) is 0 Å². The zero-order valence-electron chi connectivity index (χ0n) is 11.3. The van der Waals surface area contributed by atoms with Gasteiger partial charge in [-0.3, -0.25) is 4.79 Å². The summed E-state index contributed by atoms with van der Waals surface area (Å²) in [5, 5.41) is 6.89. The molecule has 1 N–H and O–H groups in total. The maximum atomic E-state index is 12.4. The molecule has 2 aromatic rings. The van der Waals surface area contributed by atoms with Crippen LogP contribution in [0.25, 0.3) is 0 Å². The van der Waals surface area contributed by atoms with Crippen LogP contribution in [-0.2, 0) is 12.8 Å². The Morgan fingerprint density at radius 3 is 2.95 bits per heavy atom. The molecular formula is C15H16N2O2S. The highest BCUT2D eigenvalue weighted by Gasteiger charge is 2.24. The van der Waals surface area contributed by atoms with Gasteiger partial charge in [0.2, 0.25) is 0 Å². The standard InChI is InChI=1S/C15H16N2O2S/c1-20-13-9-5-3-7-11(13)16-15(18)14-10-6-2-4-8-12(10)19-17-14/h3,5,7,9H,2,4,6,8H2,1H3,(H,16,18). The molecule has 0 unspecified atom stereocenters. The van der Waals surface area contributed by atoms with E-state index in [0.29, 0.717) is 5.69 Å². The molecule has 0 spiro atoms. The predicted molar refractivity (Wildman–Crippen MR) is 79.3 cm³/mol. The lowest BCUT2D eigenvalue weighted by atomic mass is 9.96. The molecule has 0 radical (unpaired) electrons. The lowest BCUT2D eigenvalue weighted by Gasteiger charge is -2.10. The smallest absolute Gasteiger partial charge is 0.278 e. The van der Waals surface area contributed by atoms with Gasteiger partial charge in [0, 0.05) is 16.9 Å². The molecule has 1 amide bonds. The summed E-state index contributed by atoms with van der Waals surface area (Å²) < 4.78 is 5.29. The van der Waals surface area contributed by atoms with Crippen molar-refractivity contribution in [1.29, 1.82) is 0 Å². The number of carbonyl (C=O) groups is 1. The van der Waals surface area contributed by atoms with Crippen LogP contribution >= 0.6 is 11.8 Å². The van der Waals surface area contributed by atoms with Crippen LogP contribution in [0.15, 0.2) is 33.7 Å². The third-order valence-corrected chi connectivity index (χ3v) is 4.32. The monoisotopic (exact) mass is 288 g/mol. The Morgan fingerprint density at radius 2 is 2.10 bits per heavy atom. The number of thioether (sulfide) groups is 1. The minimum atomic E-state index is -0.182. The van der Waals surface area contributed by atoms with E-state index in [1.165, 1.54) is 0 Å². The van der Waals surface area contributed by atoms with Crippen molar-refractivity contribution in [2.24, 2.45) is 0 Å². The second-order valence-corrected chi connectivity index (χ2v) is 5.64. The molecule has 104 valence electrons. The van der Waals surface area contributed by atoms with Gasteiger partial charge < -0.3 is 9.84 Å². The number of anilines is 1. The minimum absolute atomic E-state index is 0.182. The first kappa shape index (κ1) is 13.2. The van der Waals surface area contributed by atoms with E-state index >= 15 is 0 Å². The average molecular weight is 288 g/mol. The molecule has 4 nitrogen and oxygen atoms in total. The Kier molecular flexibility index (Phi) is 3.78. The van der Waals surface area contributed by atoms with Crippen molar-refractivity contribution >= 4 is 23.4 Å². The fourth-order valence-electron chi connectivity index (χ4n) is 2.49. The van der Waals surface area contributed by atoms with Crippen LogP contribution in [0.4, 0.5) is 5.69 Å². The van der Waals surface area contributed by atoms with Crippen molar-refractivity contribution < 1.29 is 9.32 Å². The molecule has 0 saturated carbocycles. The number of hydrogen-bond acceptors (Lipinski definition) is 4. The van der Waals surface area contributed by atoms with E-state index in [0.717, 1.165) is 47.6 Å². The molecule has 1 aliphatic carbocycles. The summed E-state index contributed by atoms with van der Waals surface area (Å²) in [4.78, 5) is 13.4. The predicted octanol–water partition coefficient (Wildman–Crippen LogP) is 3.53. The average Bonchev–Trinajstić information content (AvgIpc) is 2.92. The zero-order valence-corrected chi connectivity index (χ0v) is 12.1. The van der Waals surface area contributed by atoms with Gasteiger partial charge in [-0.15, -0.1) is 11.8 Å². The summed E-state index contributed by atoms with van der Waals surface area (Å²) in [6, 6.07) is 7.75. The molecule has 0 aliphatic heterocycles. The Morgan fingerprint density at radius 1 is 1.30 bits per heavy atom. The fraction of sp³-hybridized carbons (Fsp3) is 0.333. The maximum Gasteiger partial charge on any atom is 0.278 e. The topological polar surface area (TPSA) is 55.1 Å². The lowest BCUT2D eigenvalue weighted by molar-refractivity contribution is 0.101. The number of aromatic nitrogens is 1. The number of rotatable bonds is 3. The molecule has 0 atom stereocenters. The van der Waals surface area contributed by atoms with E-state index in [2.05, 4.69) is 10.5 Å². The highest BCUT2D eigenvalue weighted by Crippen LogP contribution is 2.27. The van der Waals surface area contributed by atoms with Crippen LogP contribution in [0.1, 0.15) is 34.7 Å². The number of fused-ring (bicyclic) bond motifs is 1. The van der Waals surface area contributed by atoms with Crippen LogP contribution in [0, 0.1) is 0 Å². The second kappa shape index (κ2) is 5.71. The van der Waals surface area contributed by atoms with Gasteiger partial charge in [-0.05, 0) is 37.7 Å². The summed E-state index contributed by atoms with van der Waals surface area (Å²) in [5.74, 6) is 0.693. The number of aryl methyl sites for hydroxylation is 1. The fourth-order valence-corrected chi connectivity index (χ4v) is 3.05. The molecule has 1 heterocycles. The molecule has 0 bridgehead atoms. The van der Waals surface area contributed by atoms with Gasteiger partial charge in [-0.2, -0.15) is 0 Å². The van der Waals surface area contributed by atoms with Crippen molar-refractivity contribution in [3.05, 3.63) is 41.3 Å². The summed E-state index contributed by atoms with van der Waals surface area (Å²) in [6.07, 6.45) is 5.96. The first-order valence-corrected chi connectivity index (χ1v) is 7.94.